The van der Waals surface area contributed by atoms with E-state index in [0.29, 0.717) is 6.61 Å². The summed E-state index contributed by atoms with van der Waals surface area (Å²) in [6, 6.07) is 5.64. The molecule has 1 amide bonds. The average molecular weight is 273 g/mol. The van der Waals surface area contributed by atoms with Crippen LogP contribution in [0.1, 0.15) is 24.0 Å². The molecule has 0 aliphatic carbocycles. The van der Waals surface area contributed by atoms with Crippen molar-refractivity contribution >= 4 is 11.6 Å². The smallest absolute Gasteiger partial charge is 0.229 e. The van der Waals surface area contributed by atoms with Crippen LogP contribution in [0.4, 0.5) is 5.69 Å². The maximum atomic E-state index is 12.1. The summed E-state index contributed by atoms with van der Waals surface area (Å²) in [5.41, 5.74) is 2.54. The lowest BCUT2D eigenvalue weighted by Gasteiger charge is -2.21. The Morgan fingerprint density at radius 3 is 3.05 bits per heavy atom. The average Bonchev–Trinajstić information content (AvgIpc) is 2.45. The molecule has 1 aliphatic heterocycles. The molecule has 2 N–H and O–H groups in total. The Balaban J connectivity index is 2.08. The van der Waals surface area contributed by atoms with Gasteiger partial charge < -0.3 is 15.2 Å². The van der Waals surface area contributed by atoms with Gasteiger partial charge in [-0.25, -0.2) is 0 Å². The zero-order valence-corrected chi connectivity index (χ0v) is 11.6. The molecule has 106 valence electrons. The Hall–Kier alpha value is -1.83. The SMILES string of the molecule is Cc1cc(C#CCO)cc(NC(=O)C2CCCOC2)c1. The van der Waals surface area contributed by atoms with Crippen LogP contribution in [0.5, 0.6) is 0 Å². The number of anilines is 1. The number of ether oxygens (including phenoxy) is 1. The maximum Gasteiger partial charge on any atom is 0.229 e. The molecule has 20 heavy (non-hydrogen) atoms. The van der Waals surface area contributed by atoms with Crippen LogP contribution in [0.15, 0.2) is 18.2 Å². The van der Waals surface area contributed by atoms with Gasteiger partial charge in [0.1, 0.15) is 6.61 Å². The van der Waals surface area contributed by atoms with E-state index in [9.17, 15) is 4.79 Å². The predicted octanol–water partition coefficient (Wildman–Crippen LogP) is 1.70. The Bertz CT molecular complexity index is 536. The largest absolute Gasteiger partial charge is 0.384 e. The first-order chi connectivity index (χ1) is 9.69. The normalized spacial score (nSPS) is 18.0. The van der Waals surface area contributed by atoms with Crippen molar-refractivity contribution < 1.29 is 14.6 Å². The number of hydrogen-bond acceptors (Lipinski definition) is 3. The molecular weight excluding hydrogens is 254 g/mol. The van der Waals surface area contributed by atoms with Gasteiger partial charge in [0.05, 0.1) is 12.5 Å². The second-order valence-electron chi connectivity index (χ2n) is 4.95. The first-order valence-electron chi connectivity index (χ1n) is 6.79. The lowest BCUT2D eigenvalue weighted by molar-refractivity contribution is -0.123. The standard InChI is InChI=1S/C16H19NO3/c1-12-8-13(4-2-6-18)10-15(9-12)17-16(19)14-5-3-7-20-11-14/h8-10,14,18H,3,5-7,11H2,1H3,(H,17,19). The number of rotatable bonds is 2. The summed E-state index contributed by atoms with van der Waals surface area (Å²) in [5, 5.41) is 11.6. The fourth-order valence-electron chi connectivity index (χ4n) is 2.26. The summed E-state index contributed by atoms with van der Waals surface area (Å²) < 4.78 is 5.33. The molecule has 4 heteroatoms. The van der Waals surface area contributed by atoms with E-state index < -0.39 is 0 Å². The van der Waals surface area contributed by atoms with E-state index in [1.165, 1.54) is 0 Å². The molecule has 0 saturated carbocycles. The summed E-state index contributed by atoms with van der Waals surface area (Å²) >= 11 is 0. The molecule has 0 spiro atoms. The molecular formula is C16H19NO3. The molecule has 4 nitrogen and oxygen atoms in total. The highest BCUT2D eigenvalue weighted by molar-refractivity contribution is 5.93. The Kier molecular flexibility index (Phi) is 5.16. The van der Waals surface area contributed by atoms with Gasteiger partial charge >= 0.3 is 0 Å². The number of carbonyl (C=O) groups is 1. The third kappa shape index (κ3) is 4.09. The fourth-order valence-corrected chi connectivity index (χ4v) is 2.26. The molecule has 0 radical (unpaired) electrons. The van der Waals surface area contributed by atoms with Crippen LogP contribution in [0.2, 0.25) is 0 Å². The van der Waals surface area contributed by atoms with Crippen LogP contribution < -0.4 is 5.32 Å². The Morgan fingerprint density at radius 1 is 1.50 bits per heavy atom. The molecule has 1 saturated heterocycles. The summed E-state index contributed by atoms with van der Waals surface area (Å²) in [4.78, 5) is 12.1. The van der Waals surface area contributed by atoms with Crippen molar-refractivity contribution in [2.24, 2.45) is 5.92 Å². The van der Waals surface area contributed by atoms with Gasteiger partial charge in [-0.2, -0.15) is 0 Å². The topological polar surface area (TPSA) is 58.6 Å². The molecule has 1 fully saturated rings. The number of aliphatic hydroxyl groups excluding tert-OH is 1. The summed E-state index contributed by atoms with van der Waals surface area (Å²) in [7, 11) is 0. The highest BCUT2D eigenvalue weighted by Crippen LogP contribution is 2.18. The van der Waals surface area contributed by atoms with Crippen LogP contribution in [0.3, 0.4) is 0 Å². The Morgan fingerprint density at radius 2 is 2.35 bits per heavy atom. The van der Waals surface area contributed by atoms with Gasteiger partial charge in [-0.1, -0.05) is 11.8 Å². The van der Waals surface area contributed by atoms with E-state index in [0.717, 1.165) is 36.3 Å². The minimum absolute atomic E-state index is 0.00336. The number of nitrogens with one attached hydrogen (secondary N) is 1. The zero-order chi connectivity index (χ0) is 14.4. The lowest BCUT2D eigenvalue weighted by Crippen LogP contribution is -2.30. The van der Waals surface area contributed by atoms with Crippen molar-refractivity contribution in [3.05, 3.63) is 29.3 Å². The van der Waals surface area contributed by atoms with E-state index in [-0.39, 0.29) is 18.4 Å². The highest BCUT2D eigenvalue weighted by Gasteiger charge is 2.21. The van der Waals surface area contributed by atoms with Gasteiger partial charge in [0.15, 0.2) is 0 Å². The van der Waals surface area contributed by atoms with Crippen molar-refractivity contribution in [2.75, 3.05) is 25.1 Å². The summed E-state index contributed by atoms with van der Waals surface area (Å²) in [5.74, 6) is 5.38. The third-order valence-corrected chi connectivity index (χ3v) is 3.19. The monoisotopic (exact) mass is 273 g/mol. The quantitative estimate of drug-likeness (QED) is 0.806. The molecule has 1 aromatic rings. The van der Waals surface area contributed by atoms with E-state index in [2.05, 4.69) is 17.2 Å². The maximum absolute atomic E-state index is 12.1. The van der Waals surface area contributed by atoms with Gasteiger partial charge in [-0.05, 0) is 43.5 Å². The van der Waals surface area contributed by atoms with E-state index in [4.69, 9.17) is 9.84 Å². The van der Waals surface area contributed by atoms with Crippen molar-refractivity contribution in [3.8, 4) is 11.8 Å². The minimum Gasteiger partial charge on any atom is -0.384 e. The number of benzene rings is 1. The number of amides is 1. The minimum atomic E-state index is -0.172. The number of aryl methyl sites for hydroxylation is 1. The van der Waals surface area contributed by atoms with Gasteiger partial charge in [0.25, 0.3) is 0 Å². The van der Waals surface area contributed by atoms with Crippen molar-refractivity contribution in [1.82, 2.24) is 0 Å². The Labute approximate surface area is 119 Å². The van der Waals surface area contributed by atoms with Gasteiger partial charge in [-0.3, -0.25) is 4.79 Å². The second-order valence-corrected chi connectivity index (χ2v) is 4.95. The van der Waals surface area contributed by atoms with Gasteiger partial charge in [-0.15, -0.1) is 0 Å². The highest BCUT2D eigenvalue weighted by atomic mass is 16.5. The van der Waals surface area contributed by atoms with E-state index >= 15 is 0 Å². The molecule has 1 heterocycles. The molecule has 0 aromatic heterocycles. The number of aliphatic hydroxyl groups is 1. The van der Waals surface area contributed by atoms with E-state index in [1.807, 2.05) is 25.1 Å². The number of carbonyl (C=O) groups excluding carboxylic acids is 1. The van der Waals surface area contributed by atoms with Crippen molar-refractivity contribution in [2.45, 2.75) is 19.8 Å². The molecule has 0 bridgehead atoms. The van der Waals surface area contributed by atoms with Gasteiger partial charge in [0.2, 0.25) is 5.91 Å². The molecule has 1 aliphatic rings. The van der Waals surface area contributed by atoms with E-state index in [1.54, 1.807) is 0 Å². The first-order valence-corrected chi connectivity index (χ1v) is 6.79. The van der Waals surface area contributed by atoms with Crippen molar-refractivity contribution in [3.63, 3.8) is 0 Å². The molecule has 1 unspecified atom stereocenters. The van der Waals surface area contributed by atoms with Crippen molar-refractivity contribution in [1.29, 1.82) is 0 Å². The second kappa shape index (κ2) is 7.09. The predicted molar refractivity (Wildman–Crippen MR) is 77.3 cm³/mol. The van der Waals surface area contributed by atoms with Crippen LogP contribution in [0.25, 0.3) is 0 Å². The third-order valence-electron chi connectivity index (χ3n) is 3.19. The molecule has 2 rings (SSSR count). The number of hydrogen-bond donors (Lipinski definition) is 2. The molecule has 1 atom stereocenters. The molecule has 1 aromatic carbocycles. The zero-order valence-electron chi connectivity index (χ0n) is 11.6. The van der Waals surface area contributed by atoms with Crippen LogP contribution in [-0.2, 0) is 9.53 Å². The first kappa shape index (κ1) is 14.6. The fraction of sp³-hybridized carbons (Fsp3) is 0.438. The van der Waals surface area contributed by atoms with Crippen LogP contribution in [0, 0.1) is 24.7 Å². The summed E-state index contributed by atoms with van der Waals surface area (Å²) in [6.45, 7) is 3.02. The van der Waals surface area contributed by atoms with Crippen LogP contribution >= 0.6 is 0 Å². The lowest BCUT2D eigenvalue weighted by atomic mass is 10.0. The summed E-state index contributed by atoms with van der Waals surface area (Å²) in [6.07, 6.45) is 1.80. The van der Waals surface area contributed by atoms with Crippen LogP contribution in [-0.4, -0.2) is 30.8 Å². The van der Waals surface area contributed by atoms with Gasteiger partial charge in [0, 0.05) is 17.9 Å².